The van der Waals surface area contributed by atoms with E-state index in [1.807, 2.05) is 24.4 Å². The Morgan fingerprint density at radius 1 is 1.50 bits per heavy atom. The molecule has 0 bridgehead atoms. The molecule has 1 aliphatic rings. The molecule has 40 valence electrons. The zero-order valence-electron chi connectivity index (χ0n) is 4.54. The minimum Gasteiger partial charge on any atom is -0.305 e. The van der Waals surface area contributed by atoms with Gasteiger partial charge in [0.15, 0.2) is 0 Å². The number of hydrogen-bond donors (Lipinski definition) is 0. The van der Waals surface area contributed by atoms with Crippen molar-refractivity contribution in [2.24, 2.45) is 0 Å². The molecule has 0 aromatic heterocycles. The first-order valence-corrected chi connectivity index (χ1v) is 2.49. The van der Waals surface area contributed by atoms with Crippen molar-refractivity contribution in [3.8, 4) is 12.5 Å². The Kier molecular flexibility index (Phi) is 1.39. The van der Waals surface area contributed by atoms with Crippen LogP contribution < -0.4 is 0 Å². The van der Waals surface area contributed by atoms with Crippen LogP contribution in [0.5, 0.6) is 0 Å². The standard InChI is InChI=1S/C7H7N/c1-2-8-6-4-3-5-7-8/h1,3-6H,7H2. The third kappa shape index (κ3) is 0.913. The molecule has 1 rings (SSSR count). The summed E-state index contributed by atoms with van der Waals surface area (Å²) in [5, 5.41) is 0. The van der Waals surface area contributed by atoms with Crippen LogP contribution in [0.3, 0.4) is 0 Å². The van der Waals surface area contributed by atoms with Crippen LogP contribution in [0, 0.1) is 12.5 Å². The molecule has 0 unspecified atom stereocenters. The first-order chi connectivity index (χ1) is 3.93. The van der Waals surface area contributed by atoms with Gasteiger partial charge in [-0.05, 0) is 6.08 Å². The average molecular weight is 105 g/mol. The van der Waals surface area contributed by atoms with E-state index in [0.717, 1.165) is 6.54 Å². The van der Waals surface area contributed by atoms with E-state index in [4.69, 9.17) is 6.42 Å². The first kappa shape index (κ1) is 4.99. The van der Waals surface area contributed by atoms with Gasteiger partial charge in [-0.1, -0.05) is 18.6 Å². The van der Waals surface area contributed by atoms with Crippen LogP contribution in [0.4, 0.5) is 0 Å². The summed E-state index contributed by atoms with van der Waals surface area (Å²) in [5.74, 6) is 0. The summed E-state index contributed by atoms with van der Waals surface area (Å²) in [5.41, 5.74) is 0. The first-order valence-electron chi connectivity index (χ1n) is 2.49. The molecule has 0 amide bonds. The summed E-state index contributed by atoms with van der Waals surface area (Å²) >= 11 is 0. The zero-order chi connectivity index (χ0) is 5.82. The lowest BCUT2D eigenvalue weighted by Crippen LogP contribution is -2.10. The smallest absolute Gasteiger partial charge is 0.0492 e. The molecule has 0 aliphatic carbocycles. The Morgan fingerprint density at radius 3 is 2.75 bits per heavy atom. The summed E-state index contributed by atoms with van der Waals surface area (Å²) in [6.45, 7) is 0.840. The average Bonchev–Trinajstić information content (AvgIpc) is 1.90. The Hall–Kier alpha value is -1.16. The van der Waals surface area contributed by atoms with E-state index < -0.39 is 0 Å². The van der Waals surface area contributed by atoms with E-state index in [1.54, 1.807) is 4.90 Å². The lowest BCUT2D eigenvalue weighted by Gasteiger charge is -2.10. The lowest BCUT2D eigenvalue weighted by molar-refractivity contribution is 0.593. The van der Waals surface area contributed by atoms with E-state index in [1.165, 1.54) is 0 Å². The Bertz CT molecular complexity index is 160. The van der Waals surface area contributed by atoms with Gasteiger partial charge in [0.1, 0.15) is 0 Å². The maximum Gasteiger partial charge on any atom is 0.0492 e. The Labute approximate surface area is 49.3 Å². The molecule has 0 aromatic carbocycles. The molecule has 8 heavy (non-hydrogen) atoms. The molecule has 0 spiro atoms. The van der Waals surface area contributed by atoms with Crippen molar-refractivity contribution in [1.29, 1.82) is 0 Å². The highest BCUT2D eigenvalue weighted by Crippen LogP contribution is 1.93. The minimum absolute atomic E-state index is 0.840. The van der Waals surface area contributed by atoms with Crippen molar-refractivity contribution < 1.29 is 0 Å². The van der Waals surface area contributed by atoms with Crippen LogP contribution in [0.15, 0.2) is 24.4 Å². The molecular weight excluding hydrogens is 98.1 g/mol. The van der Waals surface area contributed by atoms with Crippen LogP contribution in [0.25, 0.3) is 0 Å². The topological polar surface area (TPSA) is 3.24 Å². The van der Waals surface area contributed by atoms with Crippen molar-refractivity contribution in [2.75, 3.05) is 6.54 Å². The molecule has 0 atom stereocenters. The van der Waals surface area contributed by atoms with Crippen LogP contribution in [-0.2, 0) is 0 Å². The molecule has 1 heteroatoms. The lowest BCUT2D eigenvalue weighted by atomic mass is 10.4. The molecule has 1 aliphatic heterocycles. The second kappa shape index (κ2) is 2.23. The summed E-state index contributed by atoms with van der Waals surface area (Å²) in [6, 6.07) is 2.50. The van der Waals surface area contributed by atoms with Gasteiger partial charge in [0.2, 0.25) is 0 Å². The van der Waals surface area contributed by atoms with E-state index in [9.17, 15) is 0 Å². The number of rotatable bonds is 0. The number of nitrogens with zero attached hydrogens (tertiary/aromatic N) is 1. The molecule has 0 N–H and O–H groups in total. The zero-order valence-corrected chi connectivity index (χ0v) is 4.54. The number of hydrogen-bond acceptors (Lipinski definition) is 1. The van der Waals surface area contributed by atoms with Crippen molar-refractivity contribution in [1.82, 2.24) is 4.90 Å². The largest absolute Gasteiger partial charge is 0.305 e. The van der Waals surface area contributed by atoms with Gasteiger partial charge < -0.3 is 4.90 Å². The van der Waals surface area contributed by atoms with Gasteiger partial charge in [-0.3, -0.25) is 0 Å². The summed E-state index contributed by atoms with van der Waals surface area (Å²) in [6.07, 6.45) is 12.9. The van der Waals surface area contributed by atoms with Crippen molar-refractivity contribution in [2.45, 2.75) is 0 Å². The second-order valence-corrected chi connectivity index (χ2v) is 1.55. The molecule has 0 radical (unpaired) electrons. The van der Waals surface area contributed by atoms with E-state index in [2.05, 4.69) is 6.04 Å². The monoisotopic (exact) mass is 105 g/mol. The van der Waals surface area contributed by atoms with Gasteiger partial charge in [-0.25, -0.2) is 0 Å². The molecular formula is C7H7N. The molecule has 1 nitrogen and oxygen atoms in total. The maximum atomic E-state index is 5.09. The Morgan fingerprint density at radius 2 is 2.38 bits per heavy atom. The predicted molar refractivity (Wildman–Crippen MR) is 33.8 cm³/mol. The predicted octanol–water partition coefficient (Wildman–Crippen LogP) is 0.963. The fourth-order valence-corrected chi connectivity index (χ4v) is 0.563. The van der Waals surface area contributed by atoms with Crippen molar-refractivity contribution >= 4 is 0 Å². The number of allylic oxidation sites excluding steroid dienone is 2. The Balaban J connectivity index is 2.55. The van der Waals surface area contributed by atoms with Crippen molar-refractivity contribution in [3.05, 3.63) is 24.4 Å². The van der Waals surface area contributed by atoms with E-state index in [0.29, 0.717) is 0 Å². The highest BCUT2D eigenvalue weighted by Gasteiger charge is 1.90. The molecule has 0 saturated heterocycles. The van der Waals surface area contributed by atoms with Gasteiger partial charge in [0, 0.05) is 18.8 Å². The van der Waals surface area contributed by atoms with Gasteiger partial charge in [-0.2, -0.15) is 0 Å². The highest BCUT2D eigenvalue weighted by molar-refractivity contribution is 5.12. The maximum absolute atomic E-state index is 5.09. The van der Waals surface area contributed by atoms with Crippen LogP contribution >= 0.6 is 0 Å². The molecule has 1 heterocycles. The van der Waals surface area contributed by atoms with Gasteiger partial charge in [0.25, 0.3) is 0 Å². The SMILES string of the molecule is C#CN1C=CC=CC1. The van der Waals surface area contributed by atoms with Crippen molar-refractivity contribution in [3.63, 3.8) is 0 Å². The summed E-state index contributed by atoms with van der Waals surface area (Å²) in [7, 11) is 0. The summed E-state index contributed by atoms with van der Waals surface area (Å²) < 4.78 is 0. The van der Waals surface area contributed by atoms with Gasteiger partial charge in [0.05, 0.1) is 0 Å². The van der Waals surface area contributed by atoms with Gasteiger partial charge in [-0.15, -0.1) is 0 Å². The van der Waals surface area contributed by atoms with E-state index >= 15 is 0 Å². The third-order valence-electron chi connectivity index (χ3n) is 0.981. The second-order valence-electron chi connectivity index (χ2n) is 1.55. The molecule has 0 aromatic rings. The quantitative estimate of drug-likeness (QED) is 0.415. The normalized spacial score (nSPS) is 16.1. The minimum atomic E-state index is 0.840. The number of terminal acetylenes is 1. The fraction of sp³-hybridized carbons (Fsp3) is 0.143. The highest BCUT2D eigenvalue weighted by atomic mass is 15.1. The third-order valence-corrected chi connectivity index (χ3v) is 0.981. The van der Waals surface area contributed by atoms with Gasteiger partial charge >= 0.3 is 0 Å². The van der Waals surface area contributed by atoms with Crippen LogP contribution in [0.2, 0.25) is 0 Å². The molecule has 0 fully saturated rings. The van der Waals surface area contributed by atoms with Crippen LogP contribution in [-0.4, -0.2) is 11.4 Å². The fourth-order valence-electron chi connectivity index (χ4n) is 0.563. The van der Waals surface area contributed by atoms with Crippen LogP contribution in [0.1, 0.15) is 0 Å². The summed E-state index contributed by atoms with van der Waals surface area (Å²) in [4.78, 5) is 1.78. The van der Waals surface area contributed by atoms with E-state index in [-0.39, 0.29) is 0 Å². The molecule has 0 saturated carbocycles.